The minimum absolute atomic E-state index is 0.0447. The predicted molar refractivity (Wildman–Crippen MR) is 90.8 cm³/mol. The Morgan fingerprint density at radius 1 is 1.35 bits per heavy atom. The lowest BCUT2D eigenvalue weighted by molar-refractivity contribution is 0.00430. The smallest absolute Gasteiger partial charge is 0.128 e. The van der Waals surface area contributed by atoms with Gasteiger partial charge in [0, 0.05) is 49.5 Å². The first-order valence-corrected chi connectivity index (χ1v) is 8.36. The van der Waals surface area contributed by atoms with Gasteiger partial charge in [0.05, 0.1) is 19.4 Å². The van der Waals surface area contributed by atoms with Crippen LogP contribution < -0.4 is 4.74 Å². The van der Waals surface area contributed by atoms with E-state index < -0.39 is 0 Å². The second-order valence-electron chi connectivity index (χ2n) is 6.76. The van der Waals surface area contributed by atoms with Crippen LogP contribution in [0.2, 0.25) is 0 Å². The van der Waals surface area contributed by atoms with Crippen LogP contribution in [0.4, 0.5) is 0 Å². The third-order valence-electron chi connectivity index (χ3n) is 5.04. The number of hydrogen-bond acceptors (Lipinski definition) is 5. The number of piperidine rings is 1. The summed E-state index contributed by atoms with van der Waals surface area (Å²) < 4.78 is 10.7. The lowest BCUT2D eigenvalue weighted by Crippen LogP contribution is -2.45. The Bertz CT molecular complexity index is 521. The van der Waals surface area contributed by atoms with Gasteiger partial charge in [0.2, 0.25) is 0 Å². The van der Waals surface area contributed by atoms with E-state index in [1.807, 2.05) is 13.1 Å². The number of pyridine rings is 1. The molecule has 5 heteroatoms. The van der Waals surface area contributed by atoms with Crippen LogP contribution in [0.1, 0.15) is 36.1 Å². The molecule has 0 aliphatic carbocycles. The number of nitrogens with zero attached hydrogens (tertiary/aromatic N) is 2. The third kappa shape index (κ3) is 4.22. The molecule has 1 aromatic heterocycles. The summed E-state index contributed by atoms with van der Waals surface area (Å²) in [6, 6.07) is 0. The topological polar surface area (TPSA) is 54.8 Å². The summed E-state index contributed by atoms with van der Waals surface area (Å²) >= 11 is 0. The van der Waals surface area contributed by atoms with Crippen molar-refractivity contribution in [1.82, 2.24) is 9.88 Å². The van der Waals surface area contributed by atoms with Gasteiger partial charge in [0.15, 0.2) is 0 Å². The summed E-state index contributed by atoms with van der Waals surface area (Å²) in [6.07, 6.45) is 4.95. The van der Waals surface area contributed by atoms with Crippen LogP contribution in [-0.4, -0.2) is 55.5 Å². The lowest BCUT2D eigenvalue weighted by atomic mass is 9.78. The normalized spacial score (nSPS) is 22.3. The van der Waals surface area contributed by atoms with Crippen molar-refractivity contribution in [1.29, 1.82) is 0 Å². The van der Waals surface area contributed by atoms with Gasteiger partial charge in [-0.3, -0.25) is 9.88 Å². The van der Waals surface area contributed by atoms with Crippen LogP contribution in [0, 0.1) is 19.3 Å². The molecule has 0 amide bonds. The molecule has 1 saturated heterocycles. The van der Waals surface area contributed by atoms with Crippen molar-refractivity contribution in [2.24, 2.45) is 5.41 Å². The van der Waals surface area contributed by atoms with Crippen molar-refractivity contribution in [3.05, 3.63) is 23.0 Å². The maximum atomic E-state index is 9.91. The van der Waals surface area contributed by atoms with Crippen LogP contribution in [0.5, 0.6) is 5.75 Å². The van der Waals surface area contributed by atoms with E-state index in [2.05, 4.69) is 16.8 Å². The van der Waals surface area contributed by atoms with E-state index in [0.717, 1.165) is 61.5 Å². The summed E-state index contributed by atoms with van der Waals surface area (Å²) in [5, 5.41) is 9.91. The highest BCUT2D eigenvalue weighted by Crippen LogP contribution is 2.34. The third-order valence-corrected chi connectivity index (χ3v) is 5.04. The Morgan fingerprint density at radius 3 is 2.78 bits per heavy atom. The van der Waals surface area contributed by atoms with E-state index >= 15 is 0 Å². The number of aliphatic hydroxyl groups excluding tert-OH is 1. The molecule has 1 aliphatic heterocycles. The van der Waals surface area contributed by atoms with Crippen molar-refractivity contribution in [3.8, 4) is 5.75 Å². The molecule has 2 rings (SSSR count). The first-order chi connectivity index (χ1) is 11.0. The number of hydrogen-bond donors (Lipinski definition) is 1. The lowest BCUT2D eigenvalue weighted by Gasteiger charge is -2.42. The van der Waals surface area contributed by atoms with Crippen LogP contribution >= 0.6 is 0 Å². The average Bonchev–Trinajstić information content (AvgIpc) is 2.56. The molecule has 1 N–H and O–H groups in total. The fourth-order valence-electron chi connectivity index (χ4n) is 3.62. The Kier molecular flexibility index (Phi) is 6.39. The van der Waals surface area contributed by atoms with Gasteiger partial charge in [-0.15, -0.1) is 0 Å². The quantitative estimate of drug-likeness (QED) is 0.835. The van der Waals surface area contributed by atoms with Gasteiger partial charge in [0.25, 0.3) is 0 Å². The molecule has 0 radical (unpaired) electrons. The molecule has 0 bridgehead atoms. The zero-order valence-corrected chi connectivity index (χ0v) is 14.9. The van der Waals surface area contributed by atoms with Gasteiger partial charge in [-0.25, -0.2) is 0 Å². The first kappa shape index (κ1) is 18.2. The molecule has 0 aromatic carbocycles. The van der Waals surface area contributed by atoms with Crippen molar-refractivity contribution >= 4 is 0 Å². The zero-order chi connectivity index (χ0) is 16.9. The second-order valence-corrected chi connectivity index (χ2v) is 6.76. The number of aliphatic hydroxyl groups is 1. The fourth-order valence-corrected chi connectivity index (χ4v) is 3.62. The number of ether oxygens (including phenoxy) is 2. The summed E-state index contributed by atoms with van der Waals surface area (Å²) in [7, 11) is 3.43. The van der Waals surface area contributed by atoms with E-state index in [0.29, 0.717) is 6.61 Å². The molecule has 0 spiro atoms. The number of aryl methyl sites for hydroxylation is 1. The second kappa shape index (κ2) is 8.08. The van der Waals surface area contributed by atoms with Crippen molar-refractivity contribution in [2.45, 2.75) is 39.7 Å². The largest absolute Gasteiger partial charge is 0.496 e. The van der Waals surface area contributed by atoms with E-state index in [-0.39, 0.29) is 12.0 Å². The number of aromatic nitrogens is 1. The van der Waals surface area contributed by atoms with Gasteiger partial charge in [0.1, 0.15) is 5.75 Å². The Morgan fingerprint density at radius 2 is 2.13 bits per heavy atom. The maximum Gasteiger partial charge on any atom is 0.128 e. The molecule has 2 heterocycles. The highest BCUT2D eigenvalue weighted by Gasteiger charge is 2.34. The van der Waals surface area contributed by atoms with E-state index in [1.54, 1.807) is 14.2 Å². The molecule has 130 valence electrons. The average molecular weight is 322 g/mol. The van der Waals surface area contributed by atoms with E-state index in [9.17, 15) is 5.11 Å². The highest BCUT2D eigenvalue weighted by atomic mass is 16.5. The molecule has 1 fully saturated rings. The van der Waals surface area contributed by atoms with Crippen molar-refractivity contribution in [3.63, 3.8) is 0 Å². The molecular formula is C18H30N2O3. The number of likely N-dealkylation sites (tertiary alicyclic amines) is 1. The first-order valence-electron chi connectivity index (χ1n) is 8.36. The van der Waals surface area contributed by atoms with Gasteiger partial charge >= 0.3 is 0 Å². The molecule has 1 aromatic rings. The van der Waals surface area contributed by atoms with Crippen LogP contribution in [0.3, 0.4) is 0 Å². The minimum Gasteiger partial charge on any atom is -0.496 e. The Hall–Kier alpha value is -1.17. The van der Waals surface area contributed by atoms with Gasteiger partial charge < -0.3 is 14.6 Å². The van der Waals surface area contributed by atoms with Crippen LogP contribution in [-0.2, 0) is 11.3 Å². The van der Waals surface area contributed by atoms with Crippen molar-refractivity contribution < 1.29 is 14.6 Å². The van der Waals surface area contributed by atoms with Crippen LogP contribution in [0.15, 0.2) is 6.20 Å². The number of methoxy groups -OCH3 is 2. The summed E-state index contributed by atoms with van der Waals surface area (Å²) in [5.41, 5.74) is 3.20. The Balaban J connectivity index is 2.11. The SMILES string of the molecule is COCC[C@]1(CO)CCCN(Cc2ncc(C)c(OC)c2C)C1. The summed E-state index contributed by atoms with van der Waals surface area (Å²) in [6.45, 7) is 7.75. The fraction of sp³-hybridized carbons (Fsp3) is 0.722. The van der Waals surface area contributed by atoms with Gasteiger partial charge in [-0.1, -0.05) is 0 Å². The van der Waals surface area contributed by atoms with Gasteiger partial charge in [-0.05, 0) is 39.7 Å². The van der Waals surface area contributed by atoms with E-state index in [1.165, 1.54) is 0 Å². The molecule has 23 heavy (non-hydrogen) atoms. The number of rotatable bonds is 7. The molecule has 0 saturated carbocycles. The van der Waals surface area contributed by atoms with Gasteiger partial charge in [-0.2, -0.15) is 0 Å². The maximum absolute atomic E-state index is 9.91. The Labute approximate surface area is 139 Å². The standard InChI is InChI=1S/C18H30N2O3/c1-14-10-19-16(15(2)17(14)23-4)11-20-8-5-6-18(12-20,13-21)7-9-22-3/h10,21H,5-9,11-13H2,1-4H3/t18-/m1/s1. The highest BCUT2D eigenvalue weighted by molar-refractivity contribution is 5.41. The zero-order valence-electron chi connectivity index (χ0n) is 14.9. The van der Waals surface area contributed by atoms with Crippen LogP contribution in [0.25, 0.3) is 0 Å². The predicted octanol–water partition coefficient (Wildman–Crippen LogP) is 2.32. The molecular weight excluding hydrogens is 292 g/mol. The van der Waals surface area contributed by atoms with E-state index in [4.69, 9.17) is 9.47 Å². The molecule has 1 aliphatic rings. The van der Waals surface area contributed by atoms with Crippen molar-refractivity contribution in [2.75, 3.05) is 40.5 Å². The minimum atomic E-state index is -0.0447. The molecule has 0 unspecified atom stereocenters. The monoisotopic (exact) mass is 322 g/mol. The molecule has 5 nitrogen and oxygen atoms in total. The molecule has 1 atom stereocenters. The summed E-state index contributed by atoms with van der Waals surface area (Å²) in [4.78, 5) is 7.01. The summed E-state index contributed by atoms with van der Waals surface area (Å²) in [5.74, 6) is 0.930.